The number of nitrogens with one attached hydrogen (secondary N) is 1. The summed E-state index contributed by atoms with van der Waals surface area (Å²) >= 11 is 0. The molecule has 98 valence electrons. The summed E-state index contributed by atoms with van der Waals surface area (Å²) in [6, 6.07) is 0.352. The molecule has 1 saturated carbocycles. The first-order valence-corrected chi connectivity index (χ1v) is 6.26. The fourth-order valence-corrected chi connectivity index (χ4v) is 1.79. The first kappa shape index (κ1) is 13.8. The highest BCUT2D eigenvalue weighted by atomic mass is 16.4. The van der Waals surface area contributed by atoms with Gasteiger partial charge in [-0.05, 0) is 32.1 Å². The lowest BCUT2D eigenvalue weighted by Gasteiger charge is -2.34. The minimum atomic E-state index is -0.775. The Morgan fingerprint density at radius 2 is 2.12 bits per heavy atom. The SMILES string of the molecule is CC(CCCNC(=O)N(C)C1CCC1)C(=O)O. The van der Waals surface area contributed by atoms with Crippen molar-refractivity contribution in [3.63, 3.8) is 0 Å². The van der Waals surface area contributed by atoms with Crippen molar-refractivity contribution in [2.45, 2.75) is 45.1 Å². The van der Waals surface area contributed by atoms with Crippen molar-refractivity contribution < 1.29 is 14.7 Å². The number of hydrogen-bond donors (Lipinski definition) is 2. The van der Waals surface area contributed by atoms with Crippen LogP contribution >= 0.6 is 0 Å². The normalized spacial score (nSPS) is 17.1. The number of carboxylic acid groups (broad SMARTS) is 1. The standard InChI is InChI=1S/C12H22N2O3/c1-9(11(15)16)5-4-8-13-12(17)14(2)10-6-3-7-10/h9-10H,3-8H2,1-2H3,(H,13,17)(H,15,16). The summed E-state index contributed by atoms with van der Waals surface area (Å²) < 4.78 is 0. The highest BCUT2D eigenvalue weighted by Gasteiger charge is 2.25. The molecule has 1 aliphatic rings. The van der Waals surface area contributed by atoms with Crippen molar-refractivity contribution >= 4 is 12.0 Å². The third-order valence-corrected chi connectivity index (χ3v) is 3.45. The molecule has 0 aromatic carbocycles. The number of nitrogens with zero attached hydrogens (tertiary/aromatic N) is 1. The predicted octanol–water partition coefficient (Wildman–Crippen LogP) is 1.68. The molecule has 0 saturated heterocycles. The van der Waals surface area contributed by atoms with Crippen LogP contribution in [-0.2, 0) is 4.79 Å². The number of carboxylic acids is 1. The van der Waals surface area contributed by atoms with E-state index in [2.05, 4.69) is 5.32 Å². The van der Waals surface area contributed by atoms with Gasteiger partial charge in [0.05, 0.1) is 5.92 Å². The first-order chi connectivity index (χ1) is 8.02. The van der Waals surface area contributed by atoms with E-state index < -0.39 is 5.97 Å². The van der Waals surface area contributed by atoms with Crippen LogP contribution in [0.25, 0.3) is 0 Å². The van der Waals surface area contributed by atoms with Gasteiger partial charge in [-0.1, -0.05) is 6.92 Å². The van der Waals surface area contributed by atoms with Crippen LogP contribution in [0.1, 0.15) is 39.0 Å². The van der Waals surface area contributed by atoms with Crippen LogP contribution in [0.2, 0.25) is 0 Å². The van der Waals surface area contributed by atoms with Gasteiger partial charge in [-0.3, -0.25) is 4.79 Å². The largest absolute Gasteiger partial charge is 0.481 e. The molecular formula is C12H22N2O3. The van der Waals surface area contributed by atoms with Crippen LogP contribution in [0.4, 0.5) is 4.79 Å². The van der Waals surface area contributed by atoms with E-state index in [-0.39, 0.29) is 11.9 Å². The fourth-order valence-electron chi connectivity index (χ4n) is 1.79. The minimum Gasteiger partial charge on any atom is -0.481 e. The quantitative estimate of drug-likeness (QED) is 0.696. The Labute approximate surface area is 102 Å². The maximum Gasteiger partial charge on any atom is 0.317 e. The van der Waals surface area contributed by atoms with Crippen molar-refractivity contribution in [3.8, 4) is 0 Å². The molecule has 1 fully saturated rings. The number of hydrogen-bond acceptors (Lipinski definition) is 2. The molecule has 1 unspecified atom stereocenters. The highest BCUT2D eigenvalue weighted by molar-refractivity contribution is 5.74. The molecule has 17 heavy (non-hydrogen) atoms. The Morgan fingerprint density at radius 1 is 1.47 bits per heavy atom. The fraction of sp³-hybridized carbons (Fsp3) is 0.833. The van der Waals surface area contributed by atoms with E-state index in [9.17, 15) is 9.59 Å². The third kappa shape index (κ3) is 4.24. The summed E-state index contributed by atoms with van der Waals surface area (Å²) in [5.41, 5.74) is 0. The molecule has 0 heterocycles. The Morgan fingerprint density at radius 3 is 2.59 bits per heavy atom. The van der Waals surface area contributed by atoms with E-state index in [1.807, 2.05) is 7.05 Å². The van der Waals surface area contributed by atoms with Gasteiger partial charge in [0.2, 0.25) is 0 Å². The second-order valence-electron chi connectivity index (χ2n) is 4.81. The van der Waals surface area contributed by atoms with Crippen LogP contribution in [0.15, 0.2) is 0 Å². The lowest BCUT2D eigenvalue weighted by atomic mass is 9.92. The summed E-state index contributed by atoms with van der Waals surface area (Å²) in [5, 5.41) is 11.5. The Balaban J connectivity index is 2.09. The molecule has 1 rings (SSSR count). The van der Waals surface area contributed by atoms with E-state index in [1.54, 1.807) is 11.8 Å². The van der Waals surface area contributed by atoms with Crippen molar-refractivity contribution in [2.75, 3.05) is 13.6 Å². The molecule has 5 heteroatoms. The summed E-state index contributed by atoms with van der Waals surface area (Å²) in [4.78, 5) is 24.0. The van der Waals surface area contributed by atoms with Crippen molar-refractivity contribution in [1.29, 1.82) is 0 Å². The second-order valence-corrected chi connectivity index (χ2v) is 4.81. The average molecular weight is 242 g/mol. The average Bonchev–Trinajstić information content (AvgIpc) is 2.20. The molecule has 2 N–H and O–H groups in total. The molecule has 0 aromatic heterocycles. The van der Waals surface area contributed by atoms with Crippen molar-refractivity contribution in [2.24, 2.45) is 5.92 Å². The van der Waals surface area contributed by atoms with Crippen LogP contribution in [0.5, 0.6) is 0 Å². The van der Waals surface area contributed by atoms with E-state index in [1.165, 1.54) is 6.42 Å². The molecule has 2 amide bonds. The Bertz CT molecular complexity index is 277. The van der Waals surface area contributed by atoms with Gasteiger partial charge in [0.25, 0.3) is 0 Å². The minimum absolute atomic E-state index is 0.0438. The summed E-state index contributed by atoms with van der Waals surface area (Å²) in [6.07, 6.45) is 4.71. The lowest BCUT2D eigenvalue weighted by Crippen LogP contribution is -2.46. The van der Waals surface area contributed by atoms with Gasteiger partial charge >= 0.3 is 12.0 Å². The van der Waals surface area contributed by atoms with Crippen LogP contribution in [-0.4, -0.2) is 41.6 Å². The third-order valence-electron chi connectivity index (χ3n) is 3.45. The molecule has 0 radical (unpaired) electrons. The molecule has 1 aliphatic carbocycles. The van der Waals surface area contributed by atoms with E-state index >= 15 is 0 Å². The molecule has 0 aliphatic heterocycles. The number of aliphatic carboxylic acids is 1. The molecule has 0 bridgehead atoms. The lowest BCUT2D eigenvalue weighted by molar-refractivity contribution is -0.141. The van der Waals surface area contributed by atoms with Crippen molar-refractivity contribution in [1.82, 2.24) is 10.2 Å². The van der Waals surface area contributed by atoms with E-state index in [4.69, 9.17) is 5.11 Å². The second kappa shape index (κ2) is 6.47. The number of amides is 2. The molecule has 5 nitrogen and oxygen atoms in total. The number of rotatable bonds is 6. The van der Waals surface area contributed by atoms with E-state index in [0.717, 1.165) is 12.8 Å². The maximum atomic E-state index is 11.7. The zero-order valence-corrected chi connectivity index (χ0v) is 10.6. The predicted molar refractivity (Wildman–Crippen MR) is 64.8 cm³/mol. The molecule has 0 aromatic rings. The van der Waals surface area contributed by atoms with Gasteiger partial charge < -0.3 is 15.3 Å². The zero-order valence-electron chi connectivity index (χ0n) is 10.6. The van der Waals surface area contributed by atoms with E-state index in [0.29, 0.717) is 25.4 Å². The van der Waals surface area contributed by atoms with Gasteiger partial charge in [-0.25, -0.2) is 4.79 Å². The van der Waals surface area contributed by atoms with Gasteiger partial charge in [0, 0.05) is 19.6 Å². The topological polar surface area (TPSA) is 69.6 Å². The summed E-state index contributed by atoms with van der Waals surface area (Å²) in [7, 11) is 1.82. The molecule has 1 atom stereocenters. The number of urea groups is 1. The maximum absolute atomic E-state index is 11.7. The van der Waals surface area contributed by atoms with Crippen LogP contribution in [0, 0.1) is 5.92 Å². The molecular weight excluding hydrogens is 220 g/mol. The Kier molecular flexibility index (Phi) is 5.25. The molecule has 0 spiro atoms. The van der Waals surface area contributed by atoms with Gasteiger partial charge in [-0.2, -0.15) is 0 Å². The van der Waals surface area contributed by atoms with Gasteiger partial charge in [-0.15, -0.1) is 0 Å². The zero-order chi connectivity index (χ0) is 12.8. The van der Waals surface area contributed by atoms with Crippen molar-refractivity contribution in [3.05, 3.63) is 0 Å². The monoisotopic (exact) mass is 242 g/mol. The Hall–Kier alpha value is -1.26. The highest BCUT2D eigenvalue weighted by Crippen LogP contribution is 2.23. The first-order valence-electron chi connectivity index (χ1n) is 6.26. The van der Waals surface area contributed by atoms with Crippen LogP contribution < -0.4 is 5.32 Å². The summed E-state index contributed by atoms with van der Waals surface area (Å²) in [6.45, 7) is 2.23. The van der Waals surface area contributed by atoms with Gasteiger partial charge in [0.15, 0.2) is 0 Å². The number of carbonyl (C=O) groups is 2. The smallest absolute Gasteiger partial charge is 0.317 e. The number of carbonyl (C=O) groups excluding carboxylic acids is 1. The summed E-state index contributed by atoms with van der Waals surface area (Å²) in [5.74, 6) is -1.11. The van der Waals surface area contributed by atoms with Crippen LogP contribution in [0.3, 0.4) is 0 Å². The van der Waals surface area contributed by atoms with Gasteiger partial charge in [0.1, 0.15) is 0 Å².